The fourth-order valence-electron chi connectivity index (χ4n) is 1.22. The molecular weight excluding hydrogens is 317 g/mol. The van der Waals surface area contributed by atoms with E-state index in [0.717, 1.165) is 19.7 Å². The Labute approximate surface area is 111 Å². The lowest BCUT2D eigenvalue weighted by atomic mass is 10.2. The van der Waals surface area contributed by atoms with E-state index in [2.05, 4.69) is 52.2 Å². The highest BCUT2D eigenvalue weighted by molar-refractivity contribution is 14.1. The van der Waals surface area contributed by atoms with E-state index in [-0.39, 0.29) is 0 Å². The first-order valence-corrected chi connectivity index (χ1v) is 6.42. The summed E-state index contributed by atoms with van der Waals surface area (Å²) in [5, 5.41) is 3.33. The summed E-state index contributed by atoms with van der Waals surface area (Å²) < 4.78 is 11.5. The molecule has 0 unspecified atom stereocenters. The maximum atomic E-state index is 5.34. The molecule has 0 saturated heterocycles. The van der Waals surface area contributed by atoms with Crippen molar-refractivity contribution in [3.05, 3.63) is 33.4 Å². The number of ether oxygens (including phenoxy) is 2. The van der Waals surface area contributed by atoms with Crippen LogP contribution in [0.5, 0.6) is 0 Å². The second kappa shape index (κ2) is 8.92. The Kier molecular flexibility index (Phi) is 7.75. The second-order valence-electron chi connectivity index (χ2n) is 3.41. The lowest BCUT2D eigenvalue weighted by Crippen LogP contribution is -2.20. The number of rotatable bonds is 8. The molecule has 0 heterocycles. The van der Waals surface area contributed by atoms with Crippen molar-refractivity contribution < 1.29 is 9.47 Å². The van der Waals surface area contributed by atoms with Crippen molar-refractivity contribution in [2.45, 2.75) is 6.54 Å². The molecule has 90 valence electrons. The van der Waals surface area contributed by atoms with Gasteiger partial charge in [0.25, 0.3) is 0 Å². The number of hydrogen-bond acceptors (Lipinski definition) is 3. The topological polar surface area (TPSA) is 30.5 Å². The van der Waals surface area contributed by atoms with Crippen molar-refractivity contribution in [1.29, 1.82) is 0 Å². The second-order valence-corrected chi connectivity index (χ2v) is 4.65. The van der Waals surface area contributed by atoms with E-state index < -0.39 is 0 Å². The number of methoxy groups -OCH3 is 1. The van der Waals surface area contributed by atoms with Crippen molar-refractivity contribution in [3.63, 3.8) is 0 Å². The van der Waals surface area contributed by atoms with E-state index >= 15 is 0 Å². The molecule has 1 aromatic carbocycles. The van der Waals surface area contributed by atoms with Gasteiger partial charge in [0.05, 0.1) is 19.8 Å². The zero-order chi connectivity index (χ0) is 11.6. The molecule has 1 rings (SSSR count). The van der Waals surface area contributed by atoms with Crippen LogP contribution < -0.4 is 5.32 Å². The molecule has 0 amide bonds. The van der Waals surface area contributed by atoms with Crippen molar-refractivity contribution >= 4 is 22.6 Å². The Morgan fingerprint density at radius 2 is 1.88 bits per heavy atom. The first kappa shape index (κ1) is 13.9. The number of benzene rings is 1. The maximum absolute atomic E-state index is 5.34. The van der Waals surface area contributed by atoms with Crippen LogP contribution in [0.1, 0.15) is 5.56 Å². The average Bonchev–Trinajstić information content (AvgIpc) is 2.30. The van der Waals surface area contributed by atoms with E-state index in [0.29, 0.717) is 13.2 Å². The first-order chi connectivity index (χ1) is 7.83. The third-order valence-electron chi connectivity index (χ3n) is 2.10. The Balaban J connectivity index is 2.01. The van der Waals surface area contributed by atoms with Gasteiger partial charge >= 0.3 is 0 Å². The molecular formula is C12H18INO2. The van der Waals surface area contributed by atoms with Crippen molar-refractivity contribution in [1.82, 2.24) is 5.32 Å². The van der Waals surface area contributed by atoms with Crippen LogP contribution in [0.15, 0.2) is 24.3 Å². The summed E-state index contributed by atoms with van der Waals surface area (Å²) in [7, 11) is 1.68. The van der Waals surface area contributed by atoms with Crippen LogP contribution in [0.3, 0.4) is 0 Å². The Morgan fingerprint density at radius 1 is 1.12 bits per heavy atom. The predicted molar refractivity (Wildman–Crippen MR) is 73.6 cm³/mol. The summed E-state index contributed by atoms with van der Waals surface area (Å²) in [6.07, 6.45) is 0. The lowest BCUT2D eigenvalue weighted by molar-refractivity contribution is 0.0719. The summed E-state index contributed by atoms with van der Waals surface area (Å²) >= 11 is 2.31. The highest BCUT2D eigenvalue weighted by atomic mass is 127. The summed E-state index contributed by atoms with van der Waals surface area (Å²) in [6.45, 7) is 3.83. The van der Waals surface area contributed by atoms with Crippen LogP contribution in [0.4, 0.5) is 0 Å². The van der Waals surface area contributed by atoms with E-state index in [1.165, 1.54) is 9.13 Å². The van der Waals surface area contributed by atoms with Crippen LogP contribution in [-0.4, -0.2) is 33.5 Å². The van der Waals surface area contributed by atoms with Gasteiger partial charge in [-0.05, 0) is 40.3 Å². The van der Waals surface area contributed by atoms with Crippen molar-refractivity contribution in [2.75, 3.05) is 33.5 Å². The highest BCUT2D eigenvalue weighted by Gasteiger charge is 1.93. The van der Waals surface area contributed by atoms with E-state index in [1.54, 1.807) is 7.11 Å². The molecule has 1 aromatic rings. The normalized spacial score (nSPS) is 10.6. The number of halogens is 1. The van der Waals surface area contributed by atoms with Crippen molar-refractivity contribution in [3.8, 4) is 0 Å². The van der Waals surface area contributed by atoms with Gasteiger partial charge in [0, 0.05) is 23.8 Å². The van der Waals surface area contributed by atoms with Crippen LogP contribution in [0, 0.1) is 3.57 Å². The SMILES string of the molecule is COCCOCCNCc1ccc(I)cc1. The molecule has 0 bridgehead atoms. The third-order valence-corrected chi connectivity index (χ3v) is 2.82. The summed E-state index contributed by atoms with van der Waals surface area (Å²) in [5.74, 6) is 0. The fourth-order valence-corrected chi connectivity index (χ4v) is 1.58. The van der Waals surface area contributed by atoms with Crippen LogP contribution >= 0.6 is 22.6 Å². The molecule has 0 aliphatic carbocycles. The average molecular weight is 335 g/mol. The Hall–Kier alpha value is -0.170. The fraction of sp³-hybridized carbons (Fsp3) is 0.500. The van der Waals surface area contributed by atoms with Gasteiger partial charge in [-0.3, -0.25) is 0 Å². The quantitative estimate of drug-likeness (QED) is 0.583. The van der Waals surface area contributed by atoms with E-state index in [1.807, 2.05) is 0 Å². The van der Waals surface area contributed by atoms with Gasteiger partial charge in [0.1, 0.15) is 0 Å². The van der Waals surface area contributed by atoms with Gasteiger partial charge in [-0.1, -0.05) is 12.1 Å². The van der Waals surface area contributed by atoms with Gasteiger partial charge in [-0.25, -0.2) is 0 Å². The molecule has 0 radical (unpaired) electrons. The monoisotopic (exact) mass is 335 g/mol. The minimum Gasteiger partial charge on any atom is -0.382 e. The Bertz CT molecular complexity index is 277. The smallest absolute Gasteiger partial charge is 0.0700 e. The molecule has 0 atom stereocenters. The van der Waals surface area contributed by atoms with Gasteiger partial charge in [0.2, 0.25) is 0 Å². The molecule has 0 aliphatic heterocycles. The van der Waals surface area contributed by atoms with E-state index in [9.17, 15) is 0 Å². The van der Waals surface area contributed by atoms with Crippen LogP contribution in [0.25, 0.3) is 0 Å². The van der Waals surface area contributed by atoms with Gasteiger partial charge in [0.15, 0.2) is 0 Å². The van der Waals surface area contributed by atoms with E-state index in [4.69, 9.17) is 9.47 Å². The maximum Gasteiger partial charge on any atom is 0.0700 e. The zero-order valence-electron chi connectivity index (χ0n) is 9.54. The minimum absolute atomic E-state index is 0.664. The standard InChI is InChI=1S/C12H18INO2/c1-15-8-9-16-7-6-14-10-11-2-4-12(13)5-3-11/h2-5,14H,6-10H2,1H3. The summed E-state index contributed by atoms with van der Waals surface area (Å²) in [5.41, 5.74) is 1.30. The van der Waals surface area contributed by atoms with Gasteiger partial charge < -0.3 is 14.8 Å². The first-order valence-electron chi connectivity index (χ1n) is 5.35. The van der Waals surface area contributed by atoms with Gasteiger partial charge in [-0.15, -0.1) is 0 Å². The molecule has 0 aliphatic rings. The van der Waals surface area contributed by atoms with Crippen LogP contribution in [0.2, 0.25) is 0 Å². The molecule has 4 heteroatoms. The highest BCUT2D eigenvalue weighted by Crippen LogP contribution is 2.06. The minimum atomic E-state index is 0.664. The van der Waals surface area contributed by atoms with Crippen molar-refractivity contribution in [2.24, 2.45) is 0 Å². The number of nitrogens with one attached hydrogen (secondary N) is 1. The van der Waals surface area contributed by atoms with Crippen LogP contribution in [-0.2, 0) is 16.0 Å². The van der Waals surface area contributed by atoms with Gasteiger partial charge in [-0.2, -0.15) is 0 Å². The predicted octanol–water partition coefficient (Wildman–Crippen LogP) is 2.04. The number of hydrogen-bond donors (Lipinski definition) is 1. The zero-order valence-corrected chi connectivity index (χ0v) is 11.7. The molecule has 0 aromatic heterocycles. The molecule has 0 spiro atoms. The Morgan fingerprint density at radius 3 is 2.56 bits per heavy atom. The molecule has 3 nitrogen and oxygen atoms in total. The molecule has 0 saturated carbocycles. The molecule has 16 heavy (non-hydrogen) atoms. The summed E-state index contributed by atoms with van der Waals surface area (Å²) in [4.78, 5) is 0. The third kappa shape index (κ3) is 6.42. The molecule has 0 fully saturated rings. The molecule has 1 N–H and O–H groups in total. The largest absolute Gasteiger partial charge is 0.382 e. The lowest BCUT2D eigenvalue weighted by Gasteiger charge is -2.06. The summed E-state index contributed by atoms with van der Waals surface area (Å²) in [6, 6.07) is 8.51.